The number of alkyl halides is 2. The third-order valence-corrected chi connectivity index (χ3v) is 6.00. The SMILES string of the molecule is C[C@@H](C(=O)Nc1ccc(Cc2ccccc2)nn1)N1CCC(F)(F)[C@@H](c2ccc(=O)[nH]c2)C1. The molecule has 1 aliphatic rings. The molecule has 3 heterocycles. The number of aromatic nitrogens is 3. The van der Waals surface area contributed by atoms with E-state index in [2.05, 4.69) is 20.5 Å². The Labute approximate surface area is 189 Å². The van der Waals surface area contributed by atoms with Gasteiger partial charge in [-0.15, -0.1) is 5.10 Å². The van der Waals surface area contributed by atoms with Crippen LogP contribution in [0, 0.1) is 0 Å². The third-order valence-electron chi connectivity index (χ3n) is 6.00. The zero-order valence-electron chi connectivity index (χ0n) is 18.2. The van der Waals surface area contributed by atoms with E-state index in [9.17, 15) is 18.4 Å². The molecule has 2 N–H and O–H groups in total. The van der Waals surface area contributed by atoms with Gasteiger partial charge in [0.05, 0.1) is 17.7 Å². The molecule has 3 aromatic rings. The van der Waals surface area contributed by atoms with Crippen molar-refractivity contribution in [3.05, 3.63) is 88.0 Å². The first-order valence-electron chi connectivity index (χ1n) is 10.8. The molecule has 2 aromatic heterocycles. The number of hydrogen-bond acceptors (Lipinski definition) is 5. The summed E-state index contributed by atoms with van der Waals surface area (Å²) in [4.78, 5) is 28.3. The van der Waals surface area contributed by atoms with Gasteiger partial charge in [-0.3, -0.25) is 14.5 Å². The fourth-order valence-electron chi connectivity index (χ4n) is 3.99. The van der Waals surface area contributed by atoms with Gasteiger partial charge in [-0.25, -0.2) is 8.78 Å². The molecule has 1 fully saturated rings. The number of amides is 1. The predicted octanol–water partition coefficient (Wildman–Crippen LogP) is 3.21. The van der Waals surface area contributed by atoms with Crippen molar-refractivity contribution in [1.82, 2.24) is 20.1 Å². The standard InChI is InChI=1S/C24H25F2N5O2/c1-16(31-12-11-24(25,26)20(15-31)18-7-10-22(32)27-14-18)23(33)28-21-9-8-19(29-30-21)13-17-5-3-2-4-6-17/h2-10,14,16,20H,11-13,15H2,1H3,(H,27,32)(H,28,30,33)/t16-,20+/m0/s1. The van der Waals surface area contributed by atoms with Crippen molar-refractivity contribution in [1.29, 1.82) is 0 Å². The summed E-state index contributed by atoms with van der Waals surface area (Å²) in [7, 11) is 0. The van der Waals surface area contributed by atoms with Gasteiger partial charge in [-0.1, -0.05) is 36.4 Å². The molecular formula is C24H25F2N5O2. The number of nitrogens with one attached hydrogen (secondary N) is 2. The van der Waals surface area contributed by atoms with E-state index in [0.29, 0.717) is 17.8 Å². The Balaban J connectivity index is 1.39. The van der Waals surface area contributed by atoms with Crippen molar-refractivity contribution in [3.63, 3.8) is 0 Å². The molecular weight excluding hydrogens is 428 g/mol. The van der Waals surface area contributed by atoms with Crippen LogP contribution in [0.15, 0.2) is 65.6 Å². The van der Waals surface area contributed by atoms with E-state index in [1.807, 2.05) is 30.3 Å². The summed E-state index contributed by atoms with van der Waals surface area (Å²) in [6, 6.07) is 15.4. The highest BCUT2D eigenvalue weighted by molar-refractivity contribution is 5.93. The van der Waals surface area contributed by atoms with Crippen LogP contribution in [0.2, 0.25) is 0 Å². The van der Waals surface area contributed by atoms with Gasteiger partial charge in [0.25, 0.3) is 5.92 Å². The molecule has 33 heavy (non-hydrogen) atoms. The Morgan fingerprint density at radius 2 is 1.97 bits per heavy atom. The molecule has 0 radical (unpaired) electrons. The van der Waals surface area contributed by atoms with Gasteiger partial charge >= 0.3 is 0 Å². The molecule has 7 nitrogen and oxygen atoms in total. The number of hydrogen-bond donors (Lipinski definition) is 2. The lowest BCUT2D eigenvalue weighted by Gasteiger charge is -2.40. The first-order chi connectivity index (χ1) is 15.8. The molecule has 9 heteroatoms. The highest BCUT2D eigenvalue weighted by Crippen LogP contribution is 2.40. The van der Waals surface area contributed by atoms with Crippen LogP contribution in [0.25, 0.3) is 0 Å². The molecule has 172 valence electrons. The fourth-order valence-corrected chi connectivity index (χ4v) is 3.99. The number of rotatable bonds is 6. The van der Waals surface area contributed by atoms with Crippen molar-refractivity contribution < 1.29 is 13.6 Å². The molecule has 1 saturated heterocycles. The van der Waals surface area contributed by atoms with E-state index in [4.69, 9.17) is 0 Å². The van der Waals surface area contributed by atoms with Crippen LogP contribution >= 0.6 is 0 Å². The Kier molecular flexibility index (Phi) is 6.60. The molecule has 2 atom stereocenters. The first-order valence-corrected chi connectivity index (χ1v) is 10.8. The summed E-state index contributed by atoms with van der Waals surface area (Å²) in [6.07, 6.45) is 1.58. The van der Waals surface area contributed by atoms with E-state index in [1.54, 1.807) is 24.0 Å². The maximum absolute atomic E-state index is 14.6. The summed E-state index contributed by atoms with van der Waals surface area (Å²) in [5.74, 6) is -4.07. The van der Waals surface area contributed by atoms with Crippen LogP contribution in [0.3, 0.4) is 0 Å². The molecule has 0 aliphatic carbocycles. The fraction of sp³-hybridized carbons (Fsp3) is 0.333. The lowest BCUT2D eigenvalue weighted by Crippen LogP contribution is -2.52. The van der Waals surface area contributed by atoms with Crippen LogP contribution in [-0.2, 0) is 11.2 Å². The Bertz CT molecular complexity index is 1130. The number of carbonyl (C=O) groups is 1. The number of nitrogens with zero attached hydrogens (tertiary/aromatic N) is 3. The Morgan fingerprint density at radius 1 is 1.18 bits per heavy atom. The molecule has 0 spiro atoms. The molecule has 1 aromatic carbocycles. The Morgan fingerprint density at radius 3 is 2.64 bits per heavy atom. The smallest absolute Gasteiger partial charge is 0.257 e. The lowest BCUT2D eigenvalue weighted by atomic mass is 9.87. The van der Waals surface area contributed by atoms with E-state index in [0.717, 1.165) is 11.3 Å². The van der Waals surface area contributed by atoms with E-state index in [-0.39, 0.29) is 31.0 Å². The summed E-state index contributed by atoms with van der Waals surface area (Å²) in [5.41, 5.74) is 1.88. The summed E-state index contributed by atoms with van der Waals surface area (Å²) >= 11 is 0. The minimum absolute atomic E-state index is 0.00464. The van der Waals surface area contributed by atoms with Gasteiger partial charge in [0.2, 0.25) is 11.5 Å². The number of halogens is 2. The predicted molar refractivity (Wildman–Crippen MR) is 120 cm³/mol. The van der Waals surface area contributed by atoms with Crippen LogP contribution in [-0.4, -0.2) is 51.0 Å². The monoisotopic (exact) mass is 453 g/mol. The largest absolute Gasteiger partial charge is 0.329 e. The lowest BCUT2D eigenvalue weighted by molar-refractivity contribution is -0.125. The van der Waals surface area contributed by atoms with E-state index < -0.39 is 17.9 Å². The van der Waals surface area contributed by atoms with Crippen molar-refractivity contribution in [3.8, 4) is 0 Å². The second-order valence-corrected chi connectivity index (χ2v) is 8.28. The van der Waals surface area contributed by atoms with Gasteiger partial charge in [-0.05, 0) is 30.2 Å². The maximum atomic E-state index is 14.6. The third kappa shape index (κ3) is 5.48. The molecule has 0 unspecified atom stereocenters. The van der Waals surface area contributed by atoms with Gasteiger partial charge in [-0.2, -0.15) is 5.10 Å². The molecule has 0 bridgehead atoms. The van der Waals surface area contributed by atoms with E-state index in [1.165, 1.54) is 18.3 Å². The van der Waals surface area contributed by atoms with Crippen molar-refractivity contribution in [2.45, 2.75) is 37.6 Å². The van der Waals surface area contributed by atoms with Crippen molar-refractivity contribution in [2.75, 3.05) is 18.4 Å². The second-order valence-electron chi connectivity index (χ2n) is 8.28. The van der Waals surface area contributed by atoms with Crippen molar-refractivity contribution in [2.24, 2.45) is 0 Å². The normalized spacial score (nSPS) is 19.1. The maximum Gasteiger partial charge on any atom is 0.257 e. The number of benzene rings is 1. The van der Waals surface area contributed by atoms with Crippen molar-refractivity contribution >= 4 is 11.7 Å². The van der Waals surface area contributed by atoms with Crippen LogP contribution < -0.4 is 10.9 Å². The van der Waals surface area contributed by atoms with Gasteiger partial charge in [0.15, 0.2) is 5.82 Å². The quantitative estimate of drug-likeness (QED) is 0.598. The minimum Gasteiger partial charge on any atom is -0.329 e. The number of piperidine rings is 1. The number of aromatic amines is 1. The highest BCUT2D eigenvalue weighted by atomic mass is 19.3. The average Bonchev–Trinajstić information content (AvgIpc) is 2.81. The number of pyridine rings is 1. The minimum atomic E-state index is -2.93. The average molecular weight is 453 g/mol. The number of carbonyl (C=O) groups excluding carboxylic acids is 1. The van der Waals surface area contributed by atoms with Gasteiger partial charge in [0.1, 0.15) is 0 Å². The summed E-state index contributed by atoms with van der Waals surface area (Å²) < 4.78 is 29.2. The zero-order valence-corrected chi connectivity index (χ0v) is 18.2. The number of H-pyrrole nitrogens is 1. The number of anilines is 1. The van der Waals surface area contributed by atoms with Gasteiger partial charge in [0, 0.05) is 38.2 Å². The molecule has 1 aliphatic heterocycles. The highest BCUT2D eigenvalue weighted by Gasteiger charge is 2.46. The molecule has 1 amide bonds. The summed E-state index contributed by atoms with van der Waals surface area (Å²) in [5, 5.41) is 11.0. The van der Waals surface area contributed by atoms with Crippen LogP contribution in [0.5, 0.6) is 0 Å². The van der Waals surface area contributed by atoms with Crippen LogP contribution in [0.4, 0.5) is 14.6 Å². The summed E-state index contributed by atoms with van der Waals surface area (Å²) in [6.45, 7) is 1.76. The first kappa shape index (κ1) is 22.7. The van der Waals surface area contributed by atoms with E-state index >= 15 is 0 Å². The molecule has 0 saturated carbocycles. The topological polar surface area (TPSA) is 91.0 Å². The zero-order chi connectivity index (χ0) is 23.4. The molecule has 4 rings (SSSR count). The Hall–Kier alpha value is -3.46. The number of likely N-dealkylation sites (tertiary alicyclic amines) is 1. The van der Waals surface area contributed by atoms with Gasteiger partial charge < -0.3 is 10.3 Å². The second kappa shape index (κ2) is 9.58. The van der Waals surface area contributed by atoms with Crippen LogP contribution in [0.1, 0.15) is 36.1 Å².